The van der Waals surface area contributed by atoms with Crippen molar-refractivity contribution in [3.05, 3.63) is 21.9 Å². The first-order chi connectivity index (χ1) is 6.26. The van der Waals surface area contributed by atoms with Crippen LogP contribution in [0, 0.1) is 6.92 Å². The van der Waals surface area contributed by atoms with Crippen molar-refractivity contribution < 1.29 is 0 Å². The van der Waals surface area contributed by atoms with Gasteiger partial charge in [-0.25, -0.2) is 0 Å². The molecule has 1 heterocycles. The Morgan fingerprint density at radius 3 is 2.69 bits per heavy atom. The molecule has 1 aromatic rings. The van der Waals surface area contributed by atoms with Crippen molar-refractivity contribution in [1.82, 2.24) is 5.32 Å². The Bertz CT molecular complexity index is 238. The molecule has 1 N–H and O–H groups in total. The van der Waals surface area contributed by atoms with Crippen molar-refractivity contribution in [2.45, 2.75) is 39.2 Å². The number of nitrogens with one attached hydrogen (secondary N) is 1. The van der Waals surface area contributed by atoms with E-state index in [0.717, 1.165) is 0 Å². The molecule has 1 aromatic heterocycles. The molecule has 0 radical (unpaired) electrons. The molecule has 2 heteroatoms. The highest BCUT2D eigenvalue weighted by atomic mass is 32.1. The van der Waals surface area contributed by atoms with Gasteiger partial charge in [0, 0.05) is 15.8 Å². The third-order valence-electron chi connectivity index (χ3n) is 2.44. The Morgan fingerprint density at radius 1 is 1.46 bits per heavy atom. The molecule has 1 nitrogen and oxygen atoms in total. The summed E-state index contributed by atoms with van der Waals surface area (Å²) in [6.07, 6.45) is 3.70. The zero-order chi connectivity index (χ0) is 9.68. The van der Waals surface area contributed by atoms with Crippen LogP contribution >= 0.6 is 11.3 Å². The second kappa shape index (κ2) is 5.40. The molecule has 0 fully saturated rings. The summed E-state index contributed by atoms with van der Waals surface area (Å²) in [5, 5.41) is 3.33. The van der Waals surface area contributed by atoms with Crippen LogP contribution in [-0.4, -0.2) is 13.1 Å². The molecular weight excluding hydrogens is 178 g/mol. The molecule has 1 rings (SSSR count). The predicted molar refractivity (Wildman–Crippen MR) is 60.5 cm³/mol. The Hall–Kier alpha value is -0.340. The molecule has 0 saturated carbocycles. The summed E-state index contributed by atoms with van der Waals surface area (Å²) in [5.41, 5.74) is 0. The van der Waals surface area contributed by atoms with Crippen LogP contribution in [0.5, 0.6) is 0 Å². The molecule has 0 amide bonds. The maximum Gasteiger partial charge on any atom is 0.00648 e. The highest BCUT2D eigenvalue weighted by Gasteiger charge is 2.03. The molecule has 13 heavy (non-hydrogen) atoms. The van der Waals surface area contributed by atoms with Crippen LogP contribution in [0.25, 0.3) is 0 Å². The highest BCUT2D eigenvalue weighted by Crippen LogP contribution is 2.17. The van der Waals surface area contributed by atoms with E-state index in [0.29, 0.717) is 6.04 Å². The van der Waals surface area contributed by atoms with E-state index >= 15 is 0 Å². The summed E-state index contributed by atoms with van der Waals surface area (Å²) in [5.74, 6) is 0. The molecular formula is C11H19NS. The molecule has 0 aliphatic heterocycles. The van der Waals surface area contributed by atoms with Crippen LogP contribution in [0.4, 0.5) is 0 Å². The molecule has 0 spiro atoms. The maximum atomic E-state index is 3.33. The summed E-state index contributed by atoms with van der Waals surface area (Å²) in [4.78, 5) is 2.94. The molecule has 0 bridgehead atoms. The molecule has 74 valence electrons. The van der Waals surface area contributed by atoms with Crippen LogP contribution in [0.15, 0.2) is 12.1 Å². The van der Waals surface area contributed by atoms with Gasteiger partial charge < -0.3 is 5.32 Å². The van der Waals surface area contributed by atoms with Gasteiger partial charge in [-0.15, -0.1) is 11.3 Å². The zero-order valence-electron chi connectivity index (χ0n) is 8.76. The summed E-state index contributed by atoms with van der Waals surface area (Å²) < 4.78 is 0. The van der Waals surface area contributed by atoms with Gasteiger partial charge in [-0.3, -0.25) is 0 Å². The maximum absolute atomic E-state index is 3.33. The van der Waals surface area contributed by atoms with Crippen molar-refractivity contribution in [1.29, 1.82) is 0 Å². The minimum absolute atomic E-state index is 0.683. The molecule has 1 unspecified atom stereocenters. The first-order valence-corrected chi connectivity index (χ1v) is 5.80. The van der Waals surface area contributed by atoms with E-state index in [1.807, 2.05) is 18.4 Å². The average molecular weight is 197 g/mol. The number of rotatable bonds is 5. The Kier molecular flexibility index (Phi) is 4.46. The average Bonchev–Trinajstić information content (AvgIpc) is 2.53. The number of thiophene rings is 1. The van der Waals surface area contributed by atoms with Crippen molar-refractivity contribution in [2.75, 3.05) is 7.05 Å². The van der Waals surface area contributed by atoms with Crippen LogP contribution in [0.2, 0.25) is 0 Å². The van der Waals surface area contributed by atoms with Gasteiger partial charge >= 0.3 is 0 Å². The van der Waals surface area contributed by atoms with Crippen LogP contribution in [0.1, 0.15) is 29.5 Å². The fraction of sp³-hybridized carbons (Fsp3) is 0.636. The first kappa shape index (κ1) is 10.7. The van der Waals surface area contributed by atoms with Gasteiger partial charge in [-0.05, 0) is 45.4 Å². The van der Waals surface area contributed by atoms with Gasteiger partial charge in [0.05, 0.1) is 0 Å². The van der Waals surface area contributed by atoms with Gasteiger partial charge in [0.15, 0.2) is 0 Å². The Morgan fingerprint density at radius 2 is 2.23 bits per heavy atom. The summed E-state index contributed by atoms with van der Waals surface area (Å²) >= 11 is 1.92. The zero-order valence-corrected chi connectivity index (χ0v) is 9.58. The Balaban J connectivity index is 2.33. The lowest BCUT2D eigenvalue weighted by molar-refractivity contribution is 0.510. The smallest absolute Gasteiger partial charge is 0.00648 e. The lowest BCUT2D eigenvalue weighted by Gasteiger charge is -2.12. The monoisotopic (exact) mass is 197 g/mol. The van der Waals surface area contributed by atoms with Gasteiger partial charge in [0.1, 0.15) is 0 Å². The van der Waals surface area contributed by atoms with E-state index < -0.39 is 0 Å². The summed E-state index contributed by atoms with van der Waals surface area (Å²) in [6.45, 7) is 4.41. The van der Waals surface area contributed by atoms with Gasteiger partial charge in [0.2, 0.25) is 0 Å². The fourth-order valence-corrected chi connectivity index (χ4v) is 2.39. The topological polar surface area (TPSA) is 12.0 Å². The van der Waals surface area contributed by atoms with E-state index in [1.165, 1.54) is 29.0 Å². The summed E-state index contributed by atoms with van der Waals surface area (Å²) in [7, 11) is 2.05. The van der Waals surface area contributed by atoms with E-state index in [9.17, 15) is 0 Å². The molecule has 0 aliphatic rings. The van der Waals surface area contributed by atoms with Crippen LogP contribution < -0.4 is 5.32 Å². The minimum Gasteiger partial charge on any atom is -0.317 e. The van der Waals surface area contributed by atoms with Gasteiger partial charge in [-0.1, -0.05) is 6.92 Å². The first-order valence-electron chi connectivity index (χ1n) is 4.98. The van der Waals surface area contributed by atoms with E-state index in [4.69, 9.17) is 0 Å². The van der Waals surface area contributed by atoms with Crippen LogP contribution in [-0.2, 0) is 6.42 Å². The van der Waals surface area contributed by atoms with E-state index in [-0.39, 0.29) is 0 Å². The van der Waals surface area contributed by atoms with Gasteiger partial charge in [-0.2, -0.15) is 0 Å². The molecule has 0 saturated heterocycles. The SMILES string of the molecule is CCC(CCc1ccc(C)s1)NC. The highest BCUT2D eigenvalue weighted by molar-refractivity contribution is 7.11. The summed E-state index contributed by atoms with van der Waals surface area (Å²) in [6, 6.07) is 5.14. The van der Waals surface area contributed by atoms with Crippen molar-refractivity contribution in [2.24, 2.45) is 0 Å². The number of aryl methyl sites for hydroxylation is 2. The predicted octanol–water partition coefficient (Wildman–Crippen LogP) is 2.99. The third kappa shape index (κ3) is 3.49. The number of hydrogen-bond acceptors (Lipinski definition) is 2. The van der Waals surface area contributed by atoms with Crippen LogP contribution in [0.3, 0.4) is 0 Å². The largest absolute Gasteiger partial charge is 0.317 e. The molecule has 0 aromatic carbocycles. The quantitative estimate of drug-likeness (QED) is 0.765. The van der Waals surface area contributed by atoms with E-state index in [1.54, 1.807) is 0 Å². The minimum atomic E-state index is 0.683. The van der Waals surface area contributed by atoms with Crippen molar-refractivity contribution >= 4 is 11.3 Å². The number of hydrogen-bond donors (Lipinski definition) is 1. The second-order valence-electron chi connectivity index (χ2n) is 3.44. The van der Waals surface area contributed by atoms with Crippen molar-refractivity contribution in [3.63, 3.8) is 0 Å². The third-order valence-corrected chi connectivity index (χ3v) is 3.50. The second-order valence-corrected chi connectivity index (χ2v) is 4.82. The van der Waals surface area contributed by atoms with Crippen molar-refractivity contribution in [3.8, 4) is 0 Å². The van der Waals surface area contributed by atoms with E-state index in [2.05, 4.69) is 31.3 Å². The van der Waals surface area contributed by atoms with Gasteiger partial charge in [0.25, 0.3) is 0 Å². The molecule has 0 aliphatic carbocycles. The normalized spacial score (nSPS) is 13.2. The standard InChI is InChI=1S/C11H19NS/c1-4-10(12-3)6-8-11-7-5-9(2)13-11/h5,7,10,12H,4,6,8H2,1-3H3. The Labute approximate surface area is 85.2 Å². The molecule has 1 atom stereocenters. The lowest BCUT2D eigenvalue weighted by atomic mass is 10.1. The fourth-order valence-electron chi connectivity index (χ4n) is 1.49. The lowest BCUT2D eigenvalue weighted by Crippen LogP contribution is -2.24.